The van der Waals surface area contributed by atoms with Crippen LogP contribution in [-0.4, -0.2) is 10.7 Å². The third kappa shape index (κ3) is 8.80. The van der Waals surface area contributed by atoms with E-state index in [2.05, 4.69) is 314 Å². The Morgan fingerprint density at radius 3 is 1.31 bits per heavy atom. The van der Waals surface area contributed by atoms with Crippen LogP contribution in [0.1, 0.15) is 115 Å². The molecular weight excluding hydrogens is 1030 g/mol. The summed E-state index contributed by atoms with van der Waals surface area (Å²) < 4.78 is 0. The maximum atomic E-state index is 5.25. The van der Waals surface area contributed by atoms with Crippen molar-refractivity contribution in [1.29, 1.82) is 0 Å². The van der Waals surface area contributed by atoms with Crippen LogP contribution in [-0.2, 0) is 16.2 Å². The highest BCUT2D eigenvalue weighted by atomic mass is 15.2. The Labute approximate surface area is 500 Å². The van der Waals surface area contributed by atoms with Crippen molar-refractivity contribution in [1.82, 2.24) is 4.98 Å². The molecule has 1 atom stereocenters. The lowest BCUT2D eigenvalue weighted by Gasteiger charge is -2.31. The topological polar surface area (TPSA) is 31.7 Å². The van der Waals surface area contributed by atoms with E-state index >= 15 is 0 Å². The molecule has 0 saturated carbocycles. The first-order valence-corrected chi connectivity index (χ1v) is 30.1. The number of benzene rings is 9. The van der Waals surface area contributed by atoms with Crippen LogP contribution in [0.2, 0.25) is 0 Å². The van der Waals surface area contributed by atoms with Crippen LogP contribution in [0.15, 0.2) is 235 Å². The van der Waals surface area contributed by atoms with Crippen molar-refractivity contribution in [3.05, 3.63) is 297 Å². The lowest BCUT2D eigenvalue weighted by molar-refractivity contribution is 0.660. The Bertz CT molecular complexity index is 4610. The molecule has 0 radical (unpaired) electrons. The fourth-order valence-electron chi connectivity index (χ4n) is 14.2. The third-order valence-electron chi connectivity index (χ3n) is 19.1. The van der Waals surface area contributed by atoms with Gasteiger partial charge in [-0.25, -0.2) is 9.98 Å². The minimum Gasteiger partial charge on any atom is -0.295 e. The SMILES string of the molecule is Cc1ccc(N(C2=CCC3C=CC=CC3=N2)c2ccc3c(c2)C(C)(C)c2cc(/C=C/c4ccc5c(c4)C(C)(C)c4cc(/C=C/c6ccc7c(c6)C(C)(C)c6cc(N(c8ccc(C)cc8)c8ccc9ccccc9n8)ccc6-7)ccc4-5)ccc2-3)cc1. The number of nitrogens with zero attached hydrogens (tertiary/aromatic N) is 4. The van der Waals surface area contributed by atoms with Gasteiger partial charge in [-0.15, -0.1) is 0 Å². The largest absolute Gasteiger partial charge is 0.295 e. The molecule has 0 bridgehead atoms. The Morgan fingerprint density at radius 1 is 0.412 bits per heavy atom. The van der Waals surface area contributed by atoms with Gasteiger partial charge in [-0.1, -0.05) is 223 Å². The molecule has 0 fully saturated rings. The van der Waals surface area contributed by atoms with E-state index in [1.54, 1.807) is 0 Å². The first kappa shape index (κ1) is 52.2. The molecule has 1 aromatic heterocycles. The van der Waals surface area contributed by atoms with Gasteiger partial charge in [-0.05, 0) is 188 Å². The van der Waals surface area contributed by atoms with Gasteiger partial charge in [-0.3, -0.25) is 9.80 Å². The normalized spacial score (nSPS) is 16.8. The van der Waals surface area contributed by atoms with Gasteiger partial charge in [0.2, 0.25) is 0 Å². The molecule has 4 aliphatic carbocycles. The maximum absolute atomic E-state index is 5.25. The molecular formula is C81H68N4. The van der Waals surface area contributed by atoms with Gasteiger partial charge in [0.25, 0.3) is 0 Å². The molecule has 0 saturated heterocycles. The van der Waals surface area contributed by atoms with Crippen LogP contribution in [0.3, 0.4) is 0 Å². The van der Waals surface area contributed by atoms with E-state index in [0.29, 0.717) is 5.92 Å². The van der Waals surface area contributed by atoms with Crippen LogP contribution < -0.4 is 9.80 Å². The van der Waals surface area contributed by atoms with E-state index in [1.807, 2.05) is 0 Å². The minimum absolute atomic E-state index is 0.162. The number of allylic oxidation sites excluding steroid dienone is 5. The highest BCUT2D eigenvalue weighted by Crippen LogP contribution is 2.54. The lowest BCUT2D eigenvalue weighted by Crippen LogP contribution is -2.23. The zero-order valence-electron chi connectivity index (χ0n) is 49.7. The number of aryl methyl sites for hydroxylation is 2. The standard InChI is InChI=1S/C81H68N4/c1-51-17-31-59(32-18-51)84(77-43-29-57-13-9-11-15-75(57)82-77)61-35-41-67-65-39-27-55(47-71(65)80(5,6)73(67)49-61)23-21-53-25-37-63-64-38-26-54(46-70(64)79(3,4)69(63)45-53)22-24-56-28-40-66-68-42-36-62(50-74(68)81(7,8)72(66)48-56)85(60-33-19-52(2)20-34-60)78-44-30-58-14-10-12-16-76(58)83-78/h9-29,31-50,58H,30H2,1-8H3/b23-21+,24-22+. The minimum atomic E-state index is -0.209. The summed E-state index contributed by atoms with van der Waals surface area (Å²) in [6.45, 7) is 18.6. The predicted molar refractivity (Wildman–Crippen MR) is 360 cm³/mol. The van der Waals surface area contributed by atoms with Gasteiger partial charge in [0, 0.05) is 56.0 Å². The highest BCUT2D eigenvalue weighted by molar-refractivity contribution is 6.01. The van der Waals surface area contributed by atoms with Gasteiger partial charge in [0.1, 0.15) is 11.6 Å². The van der Waals surface area contributed by atoms with Crippen molar-refractivity contribution in [2.45, 2.75) is 78.1 Å². The number of aliphatic imine (C=N–C) groups is 1. The molecule has 0 spiro atoms. The monoisotopic (exact) mass is 1100 g/mol. The smallest absolute Gasteiger partial charge is 0.138 e. The average Bonchev–Trinajstić information content (AvgIpc) is 2.01. The highest BCUT2D eigenvalue weighted by Gasteiger charge is 2.39. The van der Waals surface area contributed by atoms with Gasteiger partial charge in [0.05, 0.1) is 5.52 Å². The zero-order valence-corrected chi connectivity index (χ0v) is 49.7. The third-order valence-corrected chi connectivity index (χ3v) is 19.1. The molecule has 85 heavy (non-hydrogen) atoms. The van der Waals surface area contributed by atoms with Crippen molar-refractivity contribution in [3.63, 3.8) is 0 Å². The molecule has 4 nitrogen and oxygen atoms in total. The molecule has 9 aromatic carbocycles. The van der Waals surface area contributed by atoms with Crippen molar-refractivity contribution in [2.24, 2.45) is 10.9 Å². The Balaban J connectivity index is 0.662. The zero-order chi connectivity index (χ0) is 57.9. The number of fused-ring (bicyclic) bond motifs is 11. The van der Waals surface area contributed by atoms with Crippen LogP contribution >= 0.6 is 0 Å². The van der Waals surface area contributed by atoms with Crippen molar-refractivity contribution in [2.75, 3.05) is 9.80 Å². The summed E-state index contributed by atoms with van der Waals surface area (Å²) in [5.41, 5.74) is 29.2. The summed E-state index contributed by atoms with van der Waals surface area (Å²) in [5, 5.41) is 1.13. The molecule has 10 aromatic rings. The molecule has 412 valence electrons. The van der Waals surface area contributed by atoms with Crippen molar-refractivity contribution >= 4 is 69.5 Å². The van der Waals surface area contributed by atoms with E-state index in [4.69, 9.17) is 9.98 Å². The summed E-state index contributed by atoms with van der Waals surface area (Å²) in [4.78, 5) is 15.1. The fraction of sp³-hybridized carbons (Fsp3) is 0.160. The van der Waals surface area contributed by atoms with Gasteiger partial charge >= 0.3 is 0 Å². The number of pyridine rings is 1. The van der Waals surface area contributed by atoms with Crippen LogP contribution in [0.5, 0.6) is 0 Å². The van der Waals surface area contributed by atoms with Crippen molar-refractivity contribution < 1.29 is 0 Å². The Hall–Kier alpha value is -9.64. The molecule has 1 unspecified atom stereocenters. The van der Waals surface area contributed by atoms with Gasteiger partial charge in [0.15, 0.2) is 0 Å². The number of rotatable bonds is 10. The molecule has 2 heterocycles. The van der Waals surface area contributed by atoms with E-state index < -0.39 is 0 Å². The van der Waals surface area contributed by atoms with Gasteiger partial charge < -0.3 is 0 Å². The molecule has 15 rings (SSSR count). The quantitative estimate of drug-likeness (QED) is 0.128. The lowest BCUT2D eigenvalue weighted by atomic mass is 9.81. The van der Waals surface area contributed by atoms with E-state index in [9.17, 15) is 0 Å². The summed E-state index contributed by atoms with van der Waals surface area (Å²) >= 11 is 0. The molecule has 0 N–H and O–H groups in total. The number of hydrogen-bond acceptors (Lipinski definition) is 4. The summed E-state index contributed by atoms with van der Waals surface area (Å²) in [5.74, 6) is 2.21. The Kier molecular flexibility index (Phi) is 12.1. The number of aromatic nitrogens is 1. The fourth-order valence-corrected chi connectivity index (χ4v) is 14.2. The Morgan fingerprint density at radius 2 is 0.824 bits per heavy atom. The summed E-state index contributed by atoms with van der Waals surface area (Å²) in [6.07, 6.45) is 21.1. The molecule has 4 heteroatoms. The second kappa shape index (κ2) is 19.7. The number of para-hydroxylation sites is 1. The van der Waals surface area contributed by atoms with E-state index in [1.165, 1.54) is 100 Å². The van der Waals surface area contributed by atoms with Crippen LogP contribution in [0.4, 0.5) is 28.6 Å². The first-order chi connectivity index (χ1) is 41.1. The average molecular weight is 1100 g/mol. The number of anilines is 5. The second-order valence-corrected chi connectivity index (χ2v) is 25.6. The molecule has 5 aliphatic rings. The summed E-state index contributed by atoms with van der Waals surface area (Å²) in [7, 11) is 0. The molecule has 0 amide bonds. The number of hydrogen-bond donors (Lipinski definition) is 0. The molecule has 1 aliphatic heterocycles. The second-order valence-electron chi connectivity index (χ2n) is 25.6. The van der Waals surface area contributed by atoms with Crippen LogP contribution in [0.25, 0.3) is 68.6 Å². The van der Waals surface area contributed by atoms with E-state index in [-0.39, 0.29) is 16.2 Å². The maximum Gasteiger partial charge on any atom is 0.138 e. The van der Waals surface area contributed by atoms with Crippen LogP contribution in [0, 0.1) is 19.8 Å². The van der Waals surface area contributed by atoms with Gasteiger partial charge in [-0.2, -0.15) is 0 Å². The first-order valence-electron chi connectivity index (χ1n) is 30.1. The van der Waals surface area contributed by atoms with Crippen molar-refractivity contribution in [3.8, 4) is 33.4 Å². The summed E-state index contributed by atoms with van der Waals surface area (Å²) in [6, 6.07) is 72.3. The van der Waals surface area contributed by atoms with E-state index in [0.717, 1.165) is 57.4 Å². The predicted octanol–water partition coefficient (Wildman–Crippen LogP) is 21.1.